The van der Waals surface area contributed by atoms with Gasteiger partial charge in [0.2, 0.25) is 0 Å². The zero-order chi connectivity index (χ0) is 26.2. The number of nitrogens with zero attached hydrogens (tertiary/aromatic N) is 2. The number of urea groups is 1. The molecule has 2 saturated heterocycles. The van der Waals surface area contributed by atoms with E-state index in [9.17, 15) is 14.4 Å². The predicted octanol–water partition coefficient (Wildman–Crippen LogP) is 2.33. The van der Waals surface area contributed by atoms with Gasteiger partial charge in [-0.2, -0.15) is 0 Å². The average Bonchev–Trinajstić information content (AvgIpc) is 3.30. The Morgan fingerprint density at radius 1 is 1.19 bits per heavy atom. The summed E-state index contributed by atoms with van der Waals surface area (Å²) in [5.41, 5.74) is 6.41. The molecule has 0 spiro atoms. The van der Waals surface area contributed by atoms with E-state index in [0.29, 0.717) is 44.0 Å². The second-order valence-corrected chi connectivity index (χ2v) is 9.59. The molecule has 0 bridgehead atoms. The summed E-state index contributed by atoms with van der Waals surface area (Å²) in [6.45, 7) is 5.34. The van der Waals surface area contributed by atoms with Crippen molar-refractivity contribution in [2.45, 2.75) is 38.3 Å². The van der Waals surface area contributed by atoms with Gasteiger partial charge in [0.25, 0.3) is 5.91 Å². The van der Waals surface area contributed by atoms with Gasteiger partial charge in [0, 0.05) is 56.8 Å². The van der Waals surface area contributed by atoms with Crippen LogP contribution in [-0.2, 0) is 9.47 Å². The smallest absolute Gasteiger partial charge is 0.496 e. The van der Waals surface area contributed by atoms with E-state index in [4.69, 9.17) is 26.8 Å². The second kappa shape index (κ2) is 12.9. The number of hydrogen-bond donors (Lipinski definition) is 3. The number of ether oxygens (including phenoxy) is 3. The predicted molar refractivity (Wildman–Crippen MR) is 135 cm³/mol. The van der Waals surface area contributed by atoms with Crippen LogP contribution >= 0.6 is 11.6 Å². The van der Waals surface area contributed by atoms with Crippen LogP contribution in [0.2, 0.25) is 5.02 Å². The Morgan fingerprint density at radius 3 is 2.64 bits per heavy atom. The van der Waals surface area contributed by atoms with Crippen LogP contribution in [0.1, 0.15) is 36.5 Å². The molecule has 1 aromatic rings. The minimum atomic E-state index is -0.781. The Hall–Kier alpha value is -2.92. The number of nitrogen functional groups attached to an aromatic ring is 1. The SMILES string of the molecule is COC(=O)OCC1CN(CCNC(=O)N2CCCC2C)CCC1NC(=O)c1cc(Cl)c(N)cc1OC. The van der Waals surface area contributed by atoms with Gasteiger partial charge in [-0.1, -0.05) is 11.6 Å². The number of carbonyl (C=O) groups excluding carboxylic acids is 3. The highest BCUT2D eigenvalue weighted by Gasteiger charge is 2.33. The molecular formula is C24H36ClN5O6. The number of halogens is 1. The average molecular weight is 526 g/mol. The fourth-order valence-electron chi connectivity index (χ4n) is 4.72. The van der Waals surface area contributed by atoms with E-state index in [0.717, 1.165) is 19.4 Å². The van der Waals surface area contributed by atoms with Gasteiger partial charge in [-0.05, 0) is 32.3 Å². The van der Waals surface area contributed by atoms with Crippen molar-refractivity contribution in [2.75, 3.05) is 59.3 Å². The zero-order valence-corrected chi connectivity index (χ0v) is 21.8. The summed E-state index contributed by atoms with van der Waals surface area (Å²) in [5, 5.41) is 6.29. The van der Waals surface area contributed by atoms with E-state index in [1.807, 2.05) is 4.90 Å². The lowest BCUT2D eigenvalue weighted by Gasteiger charge is -2.38. The molecule has 3 atom stereocenters. The fourth-order valence-corrected chi connectivity index (χ4v) is 4.89. The van der Waals surface area contributed by atoms with E-state index in [2.05, 4.69) is 27.2 Å². The summed E-state index contributed by atoms with van der Waals surface area (Å²) in [5.74, 6) is -0.231. The molecule has 2 aliphatic rings. The van der Waals surface area contributed by atoms with E-state index in [1.54, 1.807) is 0 Å². The van der Waals surface area contributed by atoms with Crippen LogP contribution in [0.15, 0.2) is 12.1 Å². The Balaban J connectivity index is 1.60. The molecule has 0 saturated carbocycles. The van der Waals surface area contributed by atoms with Crippen LogP contribution in [0.25, 0.3) is 0 Å². The zero-order valence-electron chi connectivity index (χ0n) is 21.0. The van der Waals surface area contributed by atoms with Gasteiger partial charge < -0.3 is 40.4 Å². The molecule has 2 aliphatic heterocycles. The van der Waals surface area contributed by atoms with Crippen molar-refractivity contribution in [2.24, 2.45) is 5.92 Å². The van der Waals surface area contributed by atoms with Crippen molar-refractivity contribution in [3.8, 4) is 5.75 Å². The number of hydrogen-bond acceptors (Lipinski definition) is 8. The molecule has 0 radical (unpaired) electrons. The molecule has 2 fully saturated rings. The largest absolute Gasteiger partial charge is 0.507 e. The van der Waals surface area contributed by atoms with Crippen molar-refractivity contribution in [1.82, 2.24) is 20.4 Å². The molecule has 3 unspecified atom stereocenters. The van der Waals surface area contributed by atoms with Crippen LogP contribution in [0.4, 0.5) is 15.3 Å². The number of rotatable bonds is 8. The molecule has 36 heavy (non-hydrogen) atoms. The quantitative estimate of drug-likeness (QED) is 0.347. The van der Waals surface area contributed by atoms with Gasteiger partial charge in [0.1, 0.15) is 12.4 Å². The second-order valence-electron chi connectivity index (χ2n) is 9.19. The third-order valence-corrected chi connectivity index (χ3v) is 7.13. The summed E-state index contributed by atoms with van der Waals surface area (Å²) in [6.07, 6.45) is 1.91. The van der Waals surface area contributed by atoms with E-state index in [-0.39, 0.29) is 47.1 Å². The number of benzene rings is 1. The molecule has 200 valence electrons. The number of amides is 3. The first-order valence-corrected chi connectivity index (χ1v) is 12.5. The number of methoxy groups -OCH3 is 2. The van der Waals surface area contributed by atoms with Gasteiger partial charge in [0.15, 0.2) is 0 Å². The monoisotopic (exact) mass is 525 g/mol. The first-order valence-electron chi connectivity index (χ1n) is 12.1. The molecule has 4 N–H and O–H groups in total. The van der Waals surface area contributed by atoms with Crippen molar-refractivity contribution in [1.29, 1.82) is 0 Å². The molecule has 12 heteroatoms. The van der Waals surface area contributed by atoms with Gasteiger partial charge in [-0.3, -0.25) is 4.79 Å². The topological polar surface area (TPSA) is 135 Å². The number of piperidine rings is 1. The fraction of sp³-hybridized carbons (Fsp3) is 0.625. The molecule has 0 aromatic heterocycles. The molecule has 1 aromatic carbocycles. The summed E-state index contributed by atoms with van der Waals surface area (Å²) in [4.78, 5) is 41.2. The van der Waals surface area contributed by atoms with Crippen LogP contribution in [0.5, 0.6) is 5.75 Å². The summed E-state index contributed by atoms with van der Waals surface area (Å²) < 4.78 is 15.1. The Labute approximate surface area is 216 Å². The maximum atomic E-state index is 13.1. The molecular weight excluding hydrogens is 490 g/mol. The van der Waals surface area contributed by atoms with Crippen LogP contribution < -0.4 is 21.1 Å². The Morgan fingerprint density at radius 2 is 1.97 bits per heavy atom. The Kier molecular flexibility index (Phi) is 9.89. The molecule has 3 rings (SSSR count). The third-order valence-electron chi connectivity index (χ3n) is 6.80. The normalized spacial score (nSPS) is 22.1. The van der Waals surface area contributed by atoms with Crippen LogP contribution in [0.3, 0.4) is 0 Å². The molecule has 11 nitrogen and oxygen atoms in total. The lowest BCUT2D eigenvalue weighted by Crippen LogP contribution is -2.54. The lowest BCUT2D eigenvalue weighted by molar-refractivity contribution is 0.0333. The molecule has 3 amide bonds. The van der Waals surface area contributed by atoms with Crippen LogP contribution in [-0.4, -0.2) is 93.5 Å². The summed E-state index contributed by atoms with van der Waals surface area (Å²) in [6, 6.07) is 2.95. The summed E-state index contributed by atoms with van der Waals surface area (Å²) in [7, 11) is 2.70. The standard InChI is InChI=1S/C24H36ClN5O6/c1-15-5-4-8-30(15)23(32)27-7-10-29-9-6-20(16(13-29)14-36-24(33)35-3)28-22(31)17-11-18(25)19(26)12-21(17)34-2/h11-12,15-16,20H,4-10,13-14,26H2,1-3H3,(H,27,32)(H,28,31). The number of likely N-dealkylation sites (tertiary alicyclic amines) is 2. The number of nitrogens with two attached hydrogens (primary N) is 1. The van der Waals surface area contributed by atoms with Crippen LogP contribution in [0, 0.1) is 5.92 Å². The third kappa shape index (κ3) is 7.07. The lowest BCUT2D eigenvalue weighted by atomic mass is 9.92. The highest BCUT2D eigenvalue weighted by atomic mass is 35.5. The number of nitrogens with one attached hydrogen (secondary N) is 2. The number of carbonyl (C=O) groups is 3. The highest BCUT2D eigenvalue weighted by molar-refractivity contribution is 6.33. The maximum Gasteiger partial charge on any atom is 0.507 e. The van der Waals surface area contributed by atoms with Gasteiger partial charge in [-0.25, -0.2) is 9.59 Å². The van der Waals surface area contributed by atoms with Crippen molar-refractivity contribution >= 4 is 35.4 Å². The van der Waals surface area contributed by atoms with E-state index < -0.39 is 6.16 Å². The van der Waals surface area contributed by atoms with Gasteiger partial charge in [-0.15, -0.1) is 0 Å². The van der Waals surface area contributed by atoms with Crippen molar-refractivity contribution < 1.29 is 28.6 Å². The Bertz CT molecular complexity index is 948. The van der Waals surface area contributed by atoms with Crippen molar-refractivity contribution in [3.05, 3.63) is 22.7 Å². The minimum absolute atomic E-state index is 0.0381. The summed E-state index contributed by atoms with van der Waals surface area (Å²) >= 11 is 6.13. The molecule has 0 aliphatic carbocycles. The first-order chi connectivity index (χ1) is 17.2. The maximum absolute atomic E-state index is 13.1. The van der Waals surface area contributed by atoms with Crippen molar-refractivity contribution in [3.63, 3.8) is 0 Å². The number of anilines is 1. The van der Waals surface area contributed by atoms with Gasteiger partial charge >= 0.3 is 12.2 Å². The van der Waals surface area contributed by atoms with Gasteiger partial charge in [0.05, 0.1) is 30.5 Å². The molecule has 2 heterocycles. The highest BCUT2D eigenvalue weighted by Crippen LogP contribution is 2.29. The van der Waals surface area contributed by atoms with E-state index in [1.165, 1.54) is 26.4 Å². The minimum Gasteiger partial charge on any atom is -0.496 e. The first kappa shape index (κ1) is 27.7. The van der Waals surface area contributed by atoms with E-state index >= 15 is 0 Å².